The molecule has 1 saturated carbocycles. The lowest BCUT2D eigenvalue weighted by molar-refractivity contribution is -0.202. The monoisotopic (exact) mass is 239 g/mol. The van der Waals surface area contributed by atoms with E-state index in [1.54, 1.807) is 0 Å². The van der Waals surface area contributed by atoms with Crippen molar-refractivity contribution in [2.45, 2.75) is 57.3 Å². The summed E-state index contributed by atoms with van der Waals surface area (Å²) < 4.78 is 36.3. The summed E-state index contributed by atoms with van der Waals surface area (Å²) in [4.78, 5) is 0. The van der Waals surface area contributed by atoms with Gasteiger partial charge in [-0.15, -0.1) is 0 Å². The lowest BCUT2D eigenvalue weighted by Gasteiger charge is -2.25. The van der Waals surface area contributed by atoms with Crippen molar-refractivity contribution in [1.82, 2.24) is 5.32 Å². The predicted molar refractivity (Wildman–Crippen MR) is 56.1 cm³/mol. The molecule has 0 amide bonds. The highest BCUT2D eigenvalue weighted by Crippen LogP contribution is 2.24. The van der Waals surface area contributed by atoms with Crippen molar-refractivity contribution in [3.63, 3.8) is 0 Å². The van der Waals surface area contributed by atoms with Gasteiger partial charge in [-0.1, -0.05) is 26.2 Å². The molecule has 0 aliphatic heterocycles. The Morgan fingerprint density at radius 3 is 2.50 bits per heavy atom. The van der Waals surface area contributed by atoms with Crippen LogP contribution in [0.5, 0.6) is 0 Å². The van der Waals surface area contributed by atoms with Crippen molar-refractivity contribution < 1.29 is 18.3 Å². The van der Waals surface area contributed by atoms with E-state index in [9.17, 15) is 13.2 Å². The third-order valence-electron chi connectivity index (χ3n) is 3.31. The van der Waals surface area contributed by atoms with Gasteiger partial charge in [0.05, 0.1) is 0 Å². The van der Waals surface area contributed by atoms with Crippen LogP contribution < -0.4 is 5.32 Å². The van der Waals surface area contributed by atoms with Gasteiger partial charge in [0.1, 0.15) is 0 Å². The zero-order valence-electron chi connectivity index (χ0n) is 9.56. The number of hydrogen-bond donors (Lipinski definition) is 2. The van der Waals surface area contributed by atoms with E-state index in [2.05, 4.69) is 12.2 Å². The second-order valence-electron chi connectivity index (χ2n) is 4.69. The fourth-order valence-corrected chi connectivity index (χ4v) is 2.18. The first-order valence-electron chi connectivity index (χ1n) is 5.89. The van der Waals surface area contributed by atoms with Gasteiger partial charge in [0.25, 0.3) is 0 Å². The Bertz CT molecular complexity index is 208. The maximum atomic E-state index is 12.1. The molecule has 0 spiro atoms. The molecule has 0 radical (unpaired) electrons. The Morgan fingerprint density at radius 2 is 1.88 bits per heavy atom. The molecule has 1 fully saturated rings. The van der Waals surface area contributed by atoms with Crippen LogP contribution >= 0.6 is 0 Å². The molecule has 0 bridgehead atoms. The molecule has 0 saturated heterocycles. The molecule has 0 heterocycles. The van der Waals surface area contributed by atoms with Crippen LogP contribution in [0.25, 0.3) is 0 Å². The number of halogens is 3. The summed E-state index contributed by atoms with van der Waals surface area (Å²) in [5, 5.41) is 11.7. The molecule has 2 N–H and O–H groups in total. The molecule has 0 aromatic heterocycles. The van der Waals surface area contributed by atoms with Crippen LogP contribution in [0.4, 0.5) is 13.2 Å². The number of aliphatic hydroxyl groups is 1. The lowest BCUT2D eigenvalue weighted by Crippen LogP contribution is -2.44. The Balaban J connectivity index is 2.35. The first-order valence-corrected chi connectivity index (χ1v) is 5.89. The molecule has 1 aliphatic rings. The van der Waals surface area contributed by atoms with E-state index < -0.39 is 18.8 Å². The summed E-state index contributed by atoms with van der Waals surface area (Å²) >= 11 is 0. The highest BCUT2D eigenvalue weighted by atomic mass is 19.4. The third kappa shape index (κ3) is 4.29. The second kappa shape index (κ2) is 5.87. The van der Waals surface area contributed by atoms with Crippen LogP contribution in [0, 0.1) is 5.92 Å². The minimum atomic E-state index is -4.51. The van der Waals surface area contributed by atoms with Gasteiger partial charge >= 0.3 is 6.18 Å². The number of alkyl halides is 3. The molecule has 96 valence electrons. The van der Waals surface area contributed by atoms with Crippen molar-refractivity contribution in [3.05, 3.63) is 0 Å². The summed E-state index contributed by atoms with van der Waals surface area (Å²) in [5.74, 6) is 0.392. The van der Waals surface area contributed by atoms with Crippen molar-refractivity contribution in [2.24, 2.45) is 5.92 Å². The first kappa shape index (κ1) is 13.8. The van der Waals surface area contributed by atoms with E-state index >= 15 is 0 Å². The van der Waals surface area contributed by atoms with Gasteiger partial charge in [-0.2, -0.15) is 13.2 Å². The number of nitrogens with one attached hydrogen (secondary N) is 1. The van der Waals surface area contributed by atoms with Crippen molar-refractivity contribution in [1.29, 1.82) is 0 Å². The minimum Gasteiger partial charge on any atom is -0.382 e. The van der Waals surface area contributed by atoms with Crippen molar-refractivity contribution in [2.75, 3.05) is 6.54 Å². The van der Waals surface area contributed by atoms with Crippen LogP contribution in [0.15, 0.2) is 0 Å². The summed E-state index contributed by atoms with van der Waals surface area (Å²) in [6.07, 6.45) is -1.43. The van der Waals surface area contributed by atoms with E-state index in [1.165, 1.54) is 0 Å². The summed E-state index contributed by atoms with van der Waals surface area (Å²) in [6.45, 7) is 1.67. The van der Waals surface area contributed by atoms with E-state index in [4.69, 9.17) is 5.11 Å². The zero-order valence-corrected chi connectivity index (χ0v) is 9.56. The highest BCUT2D eigenvalue weighted by Gasteiger charge is 2.38. The first-order chi connectivity index (χ1) is 7.41. The molecule has 5 heteroatoms. The van der Waals surface area contributed by atoms with Crippen LogP contribution in [-0.2, 0) is 0 Å². The molecule has 3 atom stereocenters. The topological polar surface area (TPSA) is 32.3 Å². The van der Waals surface area contributed by atoms with Crippen LogP contribution in [0.3, 0.4) is 0 Å². The van der Waals surface area contributed by atoms with Crippen molar-refractivity contribution in [3.8, 4) is 0 Å². The summed E-state index contributed by atoms with van der Waals surface area (Å²) in [7, 11) is 0. The fraction of sp³-hybridized carbons (Fsp3) is 1.00. The number of aliphatic hydroxyl groups excluding tert-OH is 1. The van der Waals surface area contributed by atoms with E-state index in [0.29, 0.717) is 5.92 Å². The molecule has 0 aromatic rings. The fourth-order valence-electron chi connectivity index (χ4n) is 2.18. The van der Waals surface area contributed by atoms with Gasteiger partial charge < -0.3 is 10.4 Å². The molecule has 2 nitrogen and oxygen atoms in total. The van der Waals surface area contributed by atoms with Gasteiger partial charge in [0, 0.05) is 12.6 Å². The van der Waals surface area contributed by atoms with Crippen LogP contribution in [0.1, 0.15) is 39.0 Å². The van der Waals surface area contributed by atoms with E-state index in [-0.39, 0.29) is 6.04 Å². The molecule has 16 heavy (non-hydrogen) atoms. The standard InChI is InChI=1S/C11H20F3NO/c1-8-5-3-2-4-6-9(8)15-7-10(16)11(12,13)14/h8-10,15-16H,2-7H2,1H3. The molecule has 0 aromatic carbocycles. The van der Waals surface area contributed by atoms with E-state index in [1.807, 2.05) is 0 Å². The third-order valence-corrected chi connectivity index (χ3v) is 3.31. The largest absolute Gasteiger partial charge is 0.415 e. The Hall–Kier alpha value is -0.290. The molecule has 3 unspecified atom stereocenters. The smallest absolute Gasteiger partial charge is 0.382 e. The molecule has 1 aliphatic carbocycles. The average molecular weight is 239 g/mol. The lowest BCUT2D eigenvalue weighted by atomic mass is 9.97. The van der Waals surface area contributed by atoms with Crippen LogP contribution in [0.2, 0.25) is 0 Å². The number of hydrogen-bond acceptors (Lipinski definition) is 2. The minimum absolute atomic E-state index is 0.111. The maximum absolute atomic E-state index is 12.1. The SMILES string of the molecule is CC1CCCCCC1NCC(O)C(F)(F)F. The summed E-state index contributed by atoms with van der Waals surface area (Å²) in [6, 6.07) is 0.111. The number of rotatable bonds is 3. The second-order valence-corrected chi connectivity index (χ2v) is 4.69. The summed E-state index contributed by atoms with van der Waals surface area (Å²) in [5.41, 5.74) is 0. The Labute approximate surface area is 94.2 Å². The molecular weight excluding hydrogens is 219 g/mol. The highest BCUT2D eigenvalue weighted by molar-refractivity contribution is 4.79. The van der Waals surface area contributed by atoms with Crippen LogP contribution in [-0.4, -0.2) is 30.0 Å². The Kier molecular flexibility index (Phi) is 5.05. The van der Waals surface area contributed by atoms with Gasteiger partial charge in [0.2, 0.25) is 0 Å². The van der Waals surface area contributed by atoms with Gasteiger partial charge in [-0.25, -0.2) is 0 Å². The van der Waals surface area contributed by atoms with E-state index in [0.717, 1.165) is 32.1 Å². The van der Waals surface area contributed by atoms with Gasteiger partial charge in [0.15, 0.2) is 6.10 Å². The van der Waals surface area contributed by atoms with Crippen molar-refractivity contribution >= 4 is 0 Å². The quantitative estimate of drug-likeness (QED) is 0.741. The van der Waals surface area contributed by atoms with Gasteiger partial charge in [-0.3, -0.25) is 0 Å². The Morgan fingerprint density at radius 1 is 1.25 bits per heavy atom. The average Bonchev–Trinajstić information content (AvgIpc) is 2.38. The molecular formula is C11H20F3NO. The predicted octanol–water partition coefficient (Wildman–Crippen LogP) is 2.47. The molecule has 1 rings (SSSR count). The zero-order chi connectivity index (χ0) is 12.2. The maximum Gasteiger partial charge on any atom is 0.415 e. The van der Waals surface area contributed by atoms with Gasteiger partial charge in [-0.05, 0) is 18.8 Å². The normalized spacial score (nSPS) is 29.8.